The number of rotatable bonds is 4. The third-order valence-corrected chi connectivity index (χ3v) is 5.07. The number of halogens is 2. The SMILES string of the molecule is CCCOc1ccc(Cl)cc1C(=O)N1CC2CCC(N)C2C1.Cl. The highest BCUT2D eigenvalue weighted by atomic mass is 35.5. The summed E-state index contributed by atoms with van der Waals surface area (Å²) in [5, 5.41) is 0.559. The second kappa shape index (κ2) is 7.73. The third kappa shape index (κ3) is 3.76. The Morgan fingerprint density at radius 2 is 2.17 bits per heavy atom. The molecule has 0 bridgehead atoms. The van der Waals surface area contributed by atoms with Crippen LogP contribution in [0.4, 0.5) is 0 Å². The molecule has 3 unspecified atom stereocenters. The van der Waals surface area contributed by atoms with E-state index in [0.717, 1.165) is 32.4 Å². The van der Waals surface area contributed by atoms with Gasteiger partial charge in [0.25, 0.3) is 5.91 Å². The summed E-state index contributed by atoms with van der Waals surface area (Å²) in [5.41, 5.74) is 6.72. The minimum Gasteiger partial charge on any atom is -0.493 e. The quantitative estimate of drug-likeness (QED) is 0.897. The number of amides is 1. The van der Waals surface area contributed by atoms with E-state index in [1.165, 1.54) is 0 Å². The zero-order valence-electron chi connectivity index (χ0n) is 13.3. The van der Waals surface area contributed by atoms with Crippen molar-refractivity contribution in [2.24, 2.45) is 17.6 Å². The summed E-state index contributed by atoms with van der Waals surface area (Å²) in [6.07, 6.45) is 3.11. The molecule has 6 heteroatoms. The van der Waals surface area contributed by atoms with E-state index < -0.39 is 0 Å². The Bertz CT molecular complexity index is 568. The van der Waals surface area contributed by atoms with E-state index in [4.69, 9.17) is 22.1 Å². The predicted molar refractivity (Wildman–Crippen MR) is 94.6 cm³/mol. The molecule has 0 aromatic heterocycles. The molecule has 3 atom stereocenters. The van der Waals surface area contributed by atoms with Gasteiger partial charge in [-0.15, -0.1) is 12.4 Å². The predicted octanol–water partition coefficient (Wildman–Crippen LogP) is 3.36. The van der Waals surface area contributed by atoms with Crippen LogP contribution in [0.25, 0.3) is 0 Å². The van der Waals surface area contributed by atoms with E-state index in [1.807, 2.05) is 11.8 Å². The fraction of sp³-hybridized carbons (Fsp3) is 0.588. The highest BCUT2D eigenvalue weighted by molar-refractivity contribution is 6.31. The molecule has 2 aliphatic rings. The molecule has 3 rings (SSSR count). The first-order chi connectivity index (χ1) is 10.6. The van der Waals surface area contributed by atoms with Crippen molar-refractivity contribution in [1.82, 2.24) is 4.90 Å². The van der Waals surface area contributed by atoms with E-state index in [2.05, 4.69) is 0 Å². The number of hydrogen-bond donors (Lipinski definition) is 1. The zero-order valence-corrected chi connectivity index (χ0v) is 14.9. The van der Waals surface area contributed by atoms with Crippen LogP contribution in [0.3, 0.4) is 0 Å². The van der Waals surface area contributed by atoms with Gasteiger partial charge in [-0.3, -0.25) is 4.79 Å². The molecule has 1 aromatic rings. The number of benzene rings is 1. The van der Waals surface area contributed by atoms with E-state index in [-0.39, 0.29) is 24.4 Å². The van der Waals surface area contributed by atoms with Crippen molar-refractivity contribution in [3.63, 3.8) is 0 Å². The van der Waals surface area contributed by atoms with Gasteiger partial charge < -0.3 is 15.4 Å². The Kier molecular flexibility index (Phi) is 6.18. The van der Waals surface area contributed by atoms with Crippen LogP contribution in [0.15, 0.2) is 18.2 Å². The number of carbonyl (C=O) groups is 1. The molecule has 1 aliphatic heterocycles. The van der Waals surface area contributed by atoms with Gasteiger partial charge in [0.05, 0.1) is 12.2 Å². The van der Waals surface area contributed by atoms with Crippen molar-refractivity contribution in [2.45, 2.75) is 32.2 Å². The highest BCUT2D eigenvalue weighted by Gasteiger charge is 2.42. The van der Waals surface area contributed by atoms with E-state index in [1.54, 1.807) is 18.2 Å². The second-order valence-electron chi connectivity index (χ2n) is 6.36. The fourth-order valence-corrected chi connectivity index (χ4v) is 3.82. The lowest BCUT2D eigenvalue weighted by Crippen LogP contribution is -2.33. The molecule has 128 valence electrons. The first kappa shape index (κ1) is 18.4. The summed E-state index contributed by atoms with van der Waals surface area (Å²) in [6, 6.07) is 5.49. The summed E-state index contributed by atoms with van der Waals surface area (Å²) in [5.74, 6) is 1.63. The molecule has 0 radical (unpaired) electrons. The van der Waals surface area contributed by atoms with Gasteiger partial charge in [-0.1, -0.05) is 18.5 Å². The lowest BCUT2D eigenvalue weighted by atomic mass is 9.98. The van der Waals surface area contributed by atoms with Crippen LogP contribution >= 0.6 is 24.0 Å². The van der Waals surface area contributed by atoms with Crippen molar-refractivity contribution < 1.29 is 9.53 Å². The van der Waals surface area contributed by atoms with Gasteiger partial charge in [0.1, 0.15) is 5.75 Å². The van der Waals surface area contributed by atoms with E-state index >= 15 is 0 Å². The first-order valence-corrected chi connectivity index (χ1v) is 8.45. The lowest BCUT2D eigenvalue weighted by molar-refractivity contribution is 0.0775. The third-order valence-electron chi connectivity index (χ3n) is 4.83. The molecule has 2 N–H and O–H groups in total. The maximum absolute atomic E-state index is 12.9. The standard InChI is InChI=1S/C17H23ClN2O2.ClH/c1-2-7-22-16-6-4-12(18)8-13(16)17(21)20-9-11-3-5-15(19)14(11)10-20;/h4,6,8,11,14-15H,2-3,5,7,9-10,19H2,1H3;1H. The summed E-state index contributed by atoms with van der Waals surface area (Å²) in [6.45, 7) is 4.19. The van der Waals surface area contributed by atoms with E-state index in [9.17, 15) is 4.79 Å². The van der Waals surface area contributed by atoms with E-state index in [0.29, 0.717) is 34.8 Å². The van der Waals surface area contributed by atoms with Crippen molar-refractivity contribution >= 4 is 29.9 Å². The Labute approximate surface area is 148 Å². The summed E-state index contributed by atoms with van der Waals surface area (Å²) in [4.78, 5) is 14.8. The molecular weight excluding hydrogens is 335 g/mol. The maximum Gasteiger partial charge on any atom is 0.257 e. The van der Waals surface area contributed by atoms with Crippen LogP contribution in [-0.2, 0) is 0 Å². The molecule has 1 aliphatic carbocycles. The number of carbonyl (C=O) groups excluding carboxylic acids is 1. The van der Waals surface area contributed by atoms with Gasteiger partial charge in [0, 0.05) is 24.2 Å². The second-order valence-corrected chi connectivity index (χ2v) is 6.80. The summed E-state index contributed by atoms with van der Waals surface area (Å²) >= 11 is 6.07. The van der Waals surface area contributed by atoms with Crippen molar-refractivity contribution in [3.8, 4) is 5.75 Å². The Morgan fingerprint density at radius 3 is 2.87 bits per heavy atom. The molecule has 2 fully saturated rings. The molecule has 1 heterocycles. The molecule has 1 amide bonds. The van der Waals surface area contributed by atoms with Crippen LogP contribution in [0.1, 0.15) is 36.5 Å². The zero-order chi connectivity index (χ0) is 15.7. The summed E-state index contributed by atoms with van der Waals surface area (Å²) in [7, 11) is 0. The number of ether oxygens (including phenoxy) is 1. The first-order valence-electron chi connectivity index (χ1n) is 8.07. The van der Waals surface area contributed by atoms with Crippen LogP contribution < -0.4 is 10.5 Å². The maximum atomic E-state index is 12.9. The number of likely N-dealkylation sites (tertiary alicyclic amines) is 1. The molecule has 1 saturated carbocycles. The largest absolute Gasteiger partial charge is 0.493 e. The Hall–Kier alpha value is -0.970. The van der Waals surface area contributed by atoms with Gasteiger partial charge in [-0.2, -0.15) is 0 Å². The van der Waals surface area contributed by atoms with Gasteiger partial charge in [0.15, 0.2) is 0 Å². The molecule has 1 aromatic carbocycles. The highest BCUT2D eigenvalue weighted by Crippen LogP contribution is 2.38. The van der Waals surface area contributed by atoms with Crippen LogP contribution in [0, 0.1) is 11.8 Å². The smallest absolute Gasteiger partial charge is 0.257 e. The molecule has 4 nitrogen and oxygen atoms in total. The monoisotopic (exact) mass is 358 g/mol. The lowest BCUT2D eigenvalue weighted by Gasteiger charge is -2.20. The van der Waals surface area contributed by atoms with Crippen LogP contribution in [0.2, 0.25) is 5.02 Å². The molecular formula is C17H24Cl2N2O2. The normalized spacial score (nSPS) is 25.9. The molecule has 0 spiro atoms. The van der Waals surface area contributed by atoms with Crippen molar-refractivity contribution in [2.75, 3.05) is 19.7 Å². The number of hydrogen-bond acceptors (Lipinski definition) is 3. The van der Waals surface area contributed by atoms with Gasteiger partial charge >= 0.3 is 0 Å². The van der Waals surface area contributed by atoms with Crippen LogP contribution in [0.5, 0.6) is 5.75 Å². The topological polar surface area (TPSA) is 55.6 Å². The number of fused-ring (bicyclic) bond motifs is 1. The minimum atomic E-state index is 0. The van der Waals surface area contributed by atoms with Gasteiger partial charge in [-0.05, 0) is 49.3 Å². The van der Waals surface area contributed by atoms with Crippen molar-refractivity contribution in [3.05, 3.63) is 28.8 Å². The number of nitrogens with two attached hydrogens (primary N) is 1. The van der Waals surface area contributed by atoms with Gasteiger partial charge in [0.2, 0.25) is 0 Å². The minimum absolute atomic E-state index is 0. The average Bonchev–Trinajstić information content (AvgIpc) is 3.08. The molecule has 1 saturated heterocycles. The molecule has 23 heavy (non-hydrogen) atoms. The fourth-order valence-electron chi connectivity index (χ4n) is 3.65. The summed E-state index contributed by atoms with van der Waals surface area (Å²) < 4.78 is 5.71. The van der Waals surface area contributed by atoms with Crippen molar-refractivity contribution in [1.29, 1.82) is 0 Å². The number of nitrogens with zero attached hydrogens (tertiary/aromatic N) is 1. The average molecular weight is 359 g/mol. The Balaban J connectivity index is 0.00000192. The van der Waals surface area contributed by atoms with Crippen LogP contribution in [-0.4, -0.2) is 36.5 Å². The van der Waals surface area contributed by atoms with Gasteiger partial charge in [-0.25, -0.2) is 0 Å². The Morgan fingerprint density at radius 1 is 1.39 bits per heavy atom.